The highest BCUT2D eigenvalue weighted by Gasteiger charge is 2.45. The normalized spacial score (nSPS) is 22.8. The highest BCUT2D eigenvalue weighted by Crippen LogP contribution is 2.33. The summed E-state index contributed by atoms with van der Waals surface area (Å²) in [6.07, 6.45) is 2.22. The number of hydrogen-bond donors (Lipinski definition) is 1. The molecule has 0 atom stereocenters. The second-order valence-electron chi connectivity index (χ2n) is 5.98. The minimum Gasteiger partial charge on any atom is -0.493 e. The van der Waals surface area contributed by atoms with Crippen LogP contribution in [0.2, 0.25) is 0 Å². The zero-order valence-electron chi connectivity index (χ0n) is 11.1. The molecule has 1 aromatic rings. The monoisotopic (exact) mass is 281 g/mol. The van der Waals surface area contributed by atoms with Crippen molar-refractivity contribution in [3.8, 4) is 5.75 Å². The summed E-state index contributed by atoms with van der Waals surface area (Å²) >= 11 is 0. The second-order valence-corrected chi connectivity index (χ2v) is 8.05. The maximum absolute atomic E-state index is 11.2. The van der Waals surface area contributed by atoms with Crippen molar-refractivity contribution < 1.29 is 13.2 Å². The molecule has 0 bridgehead atoms. The summed E-state index contributed by atoms with van der Waals surface area (Å²) in [4.78, 5) is 0. The molecule has 2 aliphatic heterocycles. The molecule has 1 fully saturated rings. The number of nitrogens with one attached hydrogen (secondary N) is 1. The van der Waals surface area contributed by atoms with E-state index in [0.717, 1.165) is 25.1 Å². The molecular weight excluding hydrogens is 262 g/mol. The fourth-order valence-electron chi connectivity index (χ4n) is 2.90. The Morgan fingerprint density at radius 1 is 1.37 bits per heavy atom. The number of rotatable bonds is 3. The standard InChI is InChI=1S/C14H19NO3S/c1-14(9-19(16,17)10-14)8-18-12-4-5-13-11(7-12)3-2-6-15-13/h4-5,7,15H,2-3,6,8-10H2,1H3. The Morgan fingerprint density at radius 3 is 2.89 bits per heavy atom. The predicted molar refractivity (Wildman–Crippen MR) is 75.5 cm³/mol. The first-order chi connectivity index (χ1) is 8.96. The molecule has 0 aliphatic carbocycles. The molecule has 1 N–H and O–H groups in total. The minimum absolute atomic E-state index is 0.215. The first-order valence-corrected chi connectivity index (χ1v) is 8.48. The van der Waals surface area contributed by atoms with Crippen LogP contribution in [-0.2, 0) is 16.3 Å². The van der Waals surface area contributed by atoms with Gasteiger partial charge in [0.25, 0.3) is 0 Å². The van der Waals surface area contributed by atoms with E-state index in [0.29, 0.717) is 6.61 Å². The molecule has 19 heavy (non-hydrogen) atoms. The second kappa shape index (κ2) is 4.40. The van der Waals surface area contributed by atoms with E-state index < -0.39 is 9.84 Å². The molecule has 104 valence electrons. The van der Waals surface area contributed by atoms with E-state index in [1.54, 1.807) is 0 Å². The summed E-state index contributed by atoms with van der Waals surface area (Å²) in [5.41, 5.74) is 2.26. The third-order valence-electron chi connectivity index (χ3n) is 3.74. The number of hydrogen-bond acceptors (Lipinski definition) is 4. The van der Waals surface area contributed by atoms with E-state index >= 15 is 0 Å². The lowest BCUT2D eigenvalue weighted by Gasteiger charge is -2.37. The summed E-state index contributed by atoms with van der Waals surface area (Å²) in [5.74, 6) is 1.33. The molecule has 0 amide bonds. The lowest BCUT2D eigenvalue weighted by Crippen LogP contribution is -2.50. The molecule has 1 aromatic carbocycles. The third-order valence-corrected chi connectivity index (χ3v) is 6.01. The zero-order chi connectivity index (χ0) is 13.5. The lowest BCUT2D eigenvalue weighted by molar-refractivity contribution is 0.188. The van der Waals surface area contributed by atoms with E-state index in [1.807, 2.05) is 19.1 Å². The van der Waals surface area contributed by atoms with Gasteiger partial charge in [-0.2, -0.15) is 0 Å². The van der Waals surface area contributed by atoms with Gasteiger partial charge in [-0.05, 0) is 36.6 Å². The number of fused-ring (bicyclic) bond motifs is 1. The molecule has 0 aromatic heterocycles. The Hall–Kier alpha value is -1.23. The summed E-state index contributed by atoms with van der Waals surface area (Å²) in [6, 6.07) is 6.06. The van der Waals surface area contributed by atoms with Gasteiger partial charge in [-0.1, -0.05) is 6.92 Å². The van der Waals surface area contributed by atoms with E-state index in [2.05, 4.69) is 11.4 Å². The van der Waals surface area contributed by atoms with Gasteiger partial charge >= 0.3 is 0 Å². The van der Waals surface area contributed by atoms with Crippen LogP contribution in [0.3, 0.4) is 0 Å². The Morgan fingerprint density at radius 2 is 2.16 bits per heavy atom. The molecule has 0 spiro atoms. The molecule has 0 unspecified atom stereocenters. The van der Waals surface area contributed by atoms with E-state index in [1.165, 1.54) is 11.3 Å². The summed E-state index contributed by atoms with van der Waals surface area (Å²) in [6.45, 7) is 3.47. The molecule has 2 heterocycles. The molecule has 2 aliphatic rings. The van der Waals surface area contributed by atoms with Crippen LogP contribution in [0.5, 0.6) is 5.75 Å². The van der Waals surface area contributed by atoms with Gasteiger partial charge in [-0.3, -0.25) is 0 Å². The largest absolute Gasteiger partial charge is 0.493 e. The molecule has 3 rings (SSSR count). The van der Waals surface area contributed by atoms with Crippen LogP contribution < -0.4 is 10.1 Å². The summed E-state index contributed by atoms with van der Waals surface area (Å²) in [7, 11) is -2.80. The molecular formula is C14H19NO3S. The van der Waals surface area contributed by atoms with Crippen LogP contribution in [0.25, 0.3) is 0 Å². The topological polar surface area (TPSA) is 55.4 Å². The van der Waals surface area contributed by atoms with Crippen LogP contribution in [-0.4, -0.2) is 33.1 Å². The fraction of sp³-hybridized carbons (Fsp3) is 0.571. The fourth-order valence-corrected chi connectivity index (χ4v) is 5.11. The average molecular weight is 281 g/mol. The summed E-state index contributed by atoms with van der Waals surface area (Å²) < 4.78 is 28.3. The van der Waals surface area contributed by atoms with Gasteiger partial charge in [-0.25, -0.2) is 8.42 Å². The molecule has 0 radical (unpaired) electrons. The average Bonchev–Trinajstić information content (AvgIpc) is 2.34. The van der Waals surface area contributed by atoms with Crippen molar-refractivity contribution in [3.05, 3.63) is 23.8 Å². The van der Waals surface area contributed by atoms with Gasteiger partial charge in [0.2, 0.25) is 0 Å². The van der Waals surface area contributed by atoms with Crippen LogP contribution in [0.1, 0.15) is 18.9 Å². The van der Waals surface area contributed by atoms with Crippen LogP contribution >= 0.6 is 0 Å². The lowest BCUT2D eigenvalue weighted by atomic mass is 9.96. The molecule has 5 heteroatoms. The van der Waals surface area contributed by atoms with E-state index in [9.17, 15) is 8.42 Å². The quantitative estimate of drug-likeness (QED) is 0.919. The van der Waals surface area contributed by atoms with Gasteiger partial charge in [-0.15, -0.1) is 0 Å². The van der Waals surface area contributed by atoms with Crippen molar-refractivity contribution in [1.29, 1.82) is 0 Å². The Labute approximate surface area is 114 Å². The van der Waals surface area contributed by atoms with Crippen molar-refractivity contribution in [2.45, 2.75) is 19.8 Å². The van der Waals surface area contributed by atoms with Crippen molar-refractivity contribution in [1.82, 2.24) is 0 Å². The van der Waals surface area contributed by atoms with Crippen molar-refractivity contribution in [3.63, 3.8) is 0 Å². The van der Waals surface area contributed by atoms with Gasteiger partial charge < -0.3 is 10.1 Å². The number of aryl methyl sites for hydroxylation is 1. The first kappa shape index (κ1) is 12.8. The van der Waals surface area contributed by atoms with Crippen molar-refractivity contribution in [2.75, 3.05) is 30.0 Å². The number of anilines is 1. The van der Waals surface area contributed by atoms with Gasteiger partial charge in [0.15, 0.2) is 9.84 Å². The third kappa shape index (κ3) is 2.71. The first-order valence-electron chi connectivity index (χ1n) is 6.66. The van der Waals surface area contributed by atoms with Crippen LogP contribution in [0.15, 0.2) is 18.2 Å². The van der Waals surface area contributed by atoms with Gasteiger partial charge in [0.1, 0.15) is 5.75 Å². The van der Waals surface area contributed by atoms with E-state index in [4.69, 9.17) is 4.74 Å². The summed E-state index contributed by atoms with van der Waals surface area (Å²) in [5, 5.41) is 3.36. The smallest absolute Gasteiger partial charge is 0.151 e. The zero-order valence-corrected chi connectivity index (χ0v) is 11.9. The number of benzene rings is 1. The van der Waals surface area contributed by atoms with Gasteiger partial charge in [0.05, 0.1) is 18.1 Å². The Kier molecular flexibility index (Phi) is 2.96. The van der Waals surface area contributed by atoms with Crippen LogP contribution in [0.4, 0.5) is 5.69 Å². The SMILES string of the molecule is CC1(COc2ccc3c(c2)CCCN3)CS(=O)(=O)C1. The van der Waals surface area contributed by atoms with Crippen molar-refractivity contribution in [2.24, 2.45) is 5.41 Å². The van der Waals surface area contributed by atoms with Crippen molar-refractivity contribution >= 4 is 15.5 Å². The highest BCUT2D eigenvalue weighted by molar-refractivity contribution is 7.92. The number of ether oxygens (including phenoxy) is 1. The minimum atomic E-state index is -2.80. The molecule has 0 saturated carbocycles. The molecule has 1 saturated heterocycles. The Balaban J connectivity index is 1.65. The van der Waals surface area contributed by atoms with E-state index in [-0.39, 0.29) is 16.9 Å². The number of sulfone groups is 1. The molecule has 4 nitrogen and oxygen atoms in total. The predicted octanol–water partition coefficient (Wildman–Crippen LogP) is 1.86. The maximum atomic E-state index is 11.2. The maximum Gasteiger partial charge on any atom is 0.151 e. The highest BCUT2D eigenvalue weighted by atomic mass is 32.2. The van der Waals surface area contributed by atoms with Crippen LogP contribution in [0, 0.1) is 5.41 Å². The Bertz CT molecular complexity index is 583. The van der Waals surface area contributed by atoms with Gasteiger partial charge in [0, 0.05) is 17.6 Å².